The van der Waals surface area contributed by atoms with Crippen molar-refractivity contribution >= 4 is 10.9 Å². The fourth-order valence-electron chi connectivity index (χ4n) is 1.57. The van der Waals surface area contributed by atoms with Gasteiger partial charge in [0.25, 0.3) is 0 Å². The molecule has 66 valence electrons. The molecular formula is C11H11NO. The maximum Gasteiger partial charge on any atom is 0.248 e. The van der Waals surface area contributed by atoms with Gasteiger partial charge in [-0.2, -0.15) is 0 Å². The van der Waals surface area contributed by atoms with Crippen LogP contribution in [0.15, 0.2) is 35.1 Å². The molecule has 0 saturated carbocycles. The van der Waals surface area contributed by atoms with Crippen molar-refractivity contribution in [1.29, 1.82) is 0 Å². The van der Waals surface area contributed by atoms with Crippen molar-refractivity contribution in [2.24, 2.45) is 0 Å². The molecule has 2 rings (SSSR count). The van der Waals surface area contributed by atoms with Gasteiger partial charge in [-0.1, -0.05) is 25.1 Å². The molecule has 0 saturated heterocycles. The van der Waals surface area contributed by atoms with Crippen LogP contribution in [0.5, 0.6) is 0 Å². The van der Waals surface area contributed by atoms with Gasteiger partial charge in [-0.05, 0) is 18.1 Å². The Morgan fingerprint density at radius 2 is 2.08 bits per heavy atom. The van der Waals surface area contributed by atoms with Crippen LogP contribution >= 0.6 is 0 Å². The smallest absolute Gasteiger partial charge is 0.248 e. The van der Waals surface area contributed by atoms with Crippen LogP contribution < -0.4 is 5.56 Å². The van der Waals surface area contributed by atoms with Gasteiger partial charge in [0, 0.05) is 17.0 Å². The maximum atomic E-state index is 11.2. The van der Waals surface area contributed by atoms with Crippen molar-refractivity contribution in [1.82, 2.24) is 4.98 Å². The first-order valence-corrected chi connectivity index (χ1v) is 4.42. The van der Waals surface area contributed by atoms with Crippen molar-refractivity contribution in [2.75, 3.05) is 0 Å². The Hall–Kier alpha value is -1.57. The van der Waals surface area contributed by atoms with E-state index in [0.29, 0.717) is 0 Å². The minimum Gasteiger partial charge on any atom is -0.322 e. The molecule has 0 aliphatic heterocycles. The van der Waals surface area contributed by atoms with Gasteiger partial charge in [0.1, 0.15) is 0 Å². The number of aromatic amines is 1. The molecule has 2 aromatic rings. The highest BCUT2D eigenvalue weighted by atomic mass is 16.1. The number of H-pyrrole nitrogens is 1. The Labute approximate surface area is 76.2 Å². The highest BCUT2D eigenvalue weighted by Crippen LogP contribution is 2.14. The molecule has 0 unspecified atom stereocenters. The second kappa shape index (κ2) is 3.05. The van der Waals surface area contributed by atoms with Gasteiger partial charge in [-0.15, -0.1) is 0 Å². The van der Waals surface area contributed by atoms with Crippen molar-refractivity contribution in [3.05, 3.63) is 46.2 Å². The van der Waals surface area contributed by atoms with Crippen LogP contribution in [-0.4, -0.2) is 4.98 Å². The number of hydrogen-bond donors (Lipinski definition) is 1. The summed E-state index contributed by atoms with van der Waals surface area (Å²) in [6, 6.07) is 9.54. The molecule has 2 nitrogen and oxygen atoms in total. The first-order valence-electron chi connectivity index (χ1n) is 4.42. The normalized spacial score (nSPS) is 10.5. The van der Waals surface area contributed by atoms with Crippen LogP contribution in [0.25, 0.3) is 10.9 Å². The van der Waals surface area contributed by atoms with Gasteiger partial charge in [0.05, 0.1) is 0 Å². The number of rotatable bonds is 1. The van der Waals surface area contributed by atoms with E-state index in [-0.39, 0.29) is 5.56 Å². The van der Waals surface area contributed by atoms with Gasteiger partial charge in [-0.3, -0.25) is 4.79 Å². The Kier molecular flexibility index (Phi) is 1.89. The van der Waals surface area contributed by atoms with Gasteiger partial charge >= 0.3 is 0 Å². The third-order valence-corrected chi connectivity index (χ3v) is 2.22. The summed E-state index contributed by atoms with van der Waals surface area (Å²) in [5.74, 6) is 0. The van der Waals surface area contributed by atoms with E-state index in [0.717, 1.165) is 22.9 Å². The number of fused-ring (bicyclic) bond motifs is 1. The molecule has 13 heavy (non-hydrogen) atoms. The summed E-state index contributed by atoms with van der Waals surface area (Å²) in [4.78, 5) is 14.0. The number of aryl methyl sites for hydroxylation is 1. The van der Waals surface area contributed by atoms with Crippen molar-refractivity contribution in [3.63, 3.8) is 0 Å². The van der Waals surface area contributed by atoms with Crippen molar-refractivity contribution in [2.45, 2.75) is 13.3 Å². The fraction of sp³-hybridized carbons (Fsp3) is 0.182. The molecule has 0 spiro atoms. The van der Waals surface area contributed by atoms with Gasteiger partial charge < -0.3 is 4.98 Å². The minimum atomic E-state index is -0.0180. The zero-order valence-electron chi connectivity index (χ0n) is 7.50. The van der Waals surface area contributed by atoms with E-state index in [1.165, 1.54) is 0 Å². The lowest BCUT2D eigenvalue weighted by Crippen LogP contribution is -2.05. The quantitative estimate of drug-likeness (QED) is 0.703. The van der Waals surface area contributed by atoms with Crippen LogP contribution in [0, 0.1) is 0 Å². The molecule has 1 aromatic carbocycles. The zero-order chi connectivity index (χ0) is 9.26. The molecule has 1 N–H and O–H groups in total. The molecule has 1 heterocycles. The Morgan fingerprint density at radius 3 is 2.85 bits per heavy atom. The molecular weight excluding hydrogens is 162 g/mol. The van der Waals surface area contributed by atoms with Crippen molar-refractivity contribution < 1.29 is 0 Å². The number of nitrogens with one attached hydrogen (secondary N) is 1. The van der Waals surface area contributed by atoms with Crippen LogP contribution in [0.4, 0.5) is 0 Å². The van der Waals surface area contributed by atoms with E-state index >= 15 is 0 Å². The number of hydrogen-bond acceptors (Lipinski definition) is 1. The first kappa shape index (κ1) is 8.05. The molecule has 0 amide bonds. The van der Waals surface area contributed by atoms with Gasteiger partial charge in [-0.25, -0.2) is 0 Å². The van der Waals surface area contributed by atoms with Gasteiger partial charge in [0.2, 0.25) is 5.56 Å². The Balaban J connectivity index is 2.89. The predicted molar refractivity (Wildman–Crippen MR) is 53.9 cm³/mol. The third-order valence-electron chi connectivity index (χ3n) is 2.22. The highest BCUT2D eigenvalue weighted by Gasteiger charge is 1.99. The van der Waals surface area contributed by atoms with E-state index in [1.807, 2.05) is 24.3 Å². The van der Waals surface area contributed by atoms with Gasteiger partial charge in [0.15, 0.2) is 0 Å². The van der Waals surface area contributed by atoms with Crippen LogP contribution in [0.2, 0.25) is 0 Å². The van der Waals surface area contributed by atoms with E-state index in [9.17, 15) is 4.79 Å². The second-order valence-corrected chi connectivity index (χ2v) is 3.06. The molecule has 0 aliphatic rings. The first-order chi connectivity index (χ1) is 6.31. The fourth-order valence-corrected chi connectivity index (χ4v) is 1.57. The average Bonchev–Trinajstić information content (AvgIpc) is 2.16. The van der Waals surface area contributed by atoms with Crippen molar-refractivity contribution in [3.8, 4) is 0 Å². The summed E-state index contributed by atoms with van der Waals surface area (Å²) in [6.45, 7) is 2.06. The maximum absolute atomic E-state index is 11.2. The standard InChI is InChI=1S/C11H11NO/c1-2-8-7-11(13)12-10-6-4-3-5-9(8)10/h3-7H,2H2,1H3,(H,12,13). The van der Waals surface area contributed by atoms with Crippen LogP contribution in [0.3, 0.4) is 0 Å². The summed E-state index contributed by atoms with van der Waals surface area (Å²) >= 11 is 0. The van der Waals surface area contributed by atoms with E-state index in [1.54, 1.807) is 6.07 Å². The Morgan fingerprint density at radius 1 is 1.31 bits per heavy atom. The van der Waals surface area contributed by atoms with Crippen LogP contribution in [0.1, 0.15) is 12.5 Å². The monoisotopic (exact) mass is 173 g/mol. The Bertz CT molecular complexity index is 485. The summed E-state index contributed by atoms with van der Waals surface area (Å²) in [7, 11) is 0. The lowest BCUT2D eigenvalue weighted by atomic mass is 10.1. The van der Waals surface area contributed by atoms with Crippen LogP contribution in [-0.2, 0) is 6.42 Å². The summed E-state index contributed by atoms with van der Waals surface area (Å²) in [5, 5.41) is 1.14. The highest BCUT2D eigenvalue weighted by molar-refractivity contribution is 5.81. The molecule has 0 aliphatic carbocycles. The molecule has 0 atom stereocenters. The predicted octanol–water partition coefficient (Wildman–Crippen LogP) is 2.09. The summed E-state index contributed by atoms with van der Waals surface area (Å²) < 4.78 is 0. The second-order valence-electron chi connectivity index (χ2n) is 3.06. The number of benzene rings is 1. The lowest BCUT2D eigenvalue weighted by molar-refractivity contribution is 1.13. The third kappa shape index (κ3) is 1.35. The zero-order valence-corrected chi connectivity index (χ0v) is 7.50. The number of aromatic nitrogens is 1. The molecule has 0 fully saturated rings. The average molecular weight is 173 g/mol. The molecule has 2 heteroatoms. The molecule has 1 aromatic heterocycles. The van der Waals surface area contributed by atoms with E-state index in [4.69, 9.17) is 0 Å². The summed E-state index contributed by atoms with van der Waals surface area (Å²) in [6.07, 6.45) is 0.893. The SMILES string of the molecule is CCc1cc(=O)[nH]c2ccccc12. The number of para-hydroxylation sites is 1. The largest absolute Gasteiger partial charge is 0.322 e. The summed E-state index contributed by atoms with van der Waals surface area (Å²) in [5.41, 5.74) is 2.02. The molecule has 0 bridgehead atoms. The lowest BCUT2D eigenvalue weighted by Gasteiger charge is -2.01. The van der Waals surface area contributed by atoms with E-state index < -0.39 is 0 Å². The topological polar surface area (TPSA) is 32.9 Å². The molecule has 0 radical (unpaired) electrons. The number of pyridine rings is 1. The van der Waals surface area contributed by atoms with E-state index in [2.05, 4.69) is 11.9 Å². The minimum absolute atomic E-state index is 0.0180.